The second-order valence-corrected chi connectivity index (χ2v) is 7.36. The maximum absolute atomic E-state index is 12.7. The number of rotatable bonds is 3. The Bertz CT molecular complexity index is 995. The summed E-state index contributed by atoms with van der Waals surface area (Å²) < 4.78 is 5.88. The fourth-order valence-corrected chi connectivity index (χ4v) is 3.83. The zero-order valence-corrected chi connectivity index (χ0v) is 15.7. The quantitative estimate of drug-likeness (QED) is 0.697. The van der Waals surface area contributed by atoms with Gasteiger partial charge in [0.15, 0.2) is 0 Å². The molecule has 1 aromatic carbocycles. The molecule has 0 aliphatic carbocycles. The van der Waals surface area contributed by atoms with Crippen molar-refractivity contribution in [1.29, 1.82) is 5.26 Å². The van der Waals surface area contributed by atoms with Crippen LogP contribution in [0.2, 0.25) is 0 Å². The summed E-state index contributed by atoms with van der Waals surface area (Å²) in [4.78, 5) is 21.7. The largest absolute Gasteiger partial charge is 0.418 e. The van der Waals surface area contributed by atoms with Crippen molar-refractivity contribution in [2.45, 2.75) is 6.92 Å². The monoisotopic (exact) mass is 378 g/mol. The fraction of sp³-hybridized carbons (Fsp3) is 0.250. The third kappa shape index (κ3) is 3.44. The molecule has 3 heterocycles. The van der Waals surface area contributed by atoms with E-state index in [2.05, 4.69) is 11.1 Å². The molecule has 136 valence electrons. The molecule has 0 unspecified atom stereocenters. The molecule has 0 radical (unpaired) electrons. The van der Waals surface area contributed by atoms with Gasteiger partial charge >= 0.3 is 0 Å². The number of amides is 1. The Kier molecular flexibility index (Phi) is 4.65. The summed E-state index contributed by atoms with van der Waals surface area (Å²) in [7, 11) is 0. The lowest BCUT2D eigenvalue weighted by molar-refractivity contribution is 0.0745. The summed E-state index contributed by atoms with van der Waals surface area (Å²) in [5, 5.41) is 11.4. The van der Waals surface area contributed by atoms with Crippen LogP contribution in [0.1, 0.15) is 21.6 Å². The summed E-state index contributed by atoms with van der Waals surface area (Å²) in [6, 6.07) is 13.6. The zero-order chi connectivity index (χ0) is 18.8. The standard InChI is InChI=1S/C20H18N4O2S/c1-14-4-2-5-15(12-14)19(25)23-7-9-24(10-8-23)20-16(13-21)22-18(26-20)17-6-3-11-27-17/h2-6,11-12H,7-10H2,1H3. The van der Waals surface area contributed by atoms with E-state index < -0.39 is 0 Å². The first-order valence-corrected chi connectivity index (χ1v) is 9.59. The number of oxazole rings is 1. The number of nitrogens with zero attached hydrogens (tertiary/aromatic N) is 4. The Morgan fingerprint density at radius 1 is 1.22 bits per heavy atom. The van der Waals surface area contributed by atoms with E-state index >= 15 is 0 Å². The van der Waals surface area contributed by atoms with Gasteiger partial charge in [-0.1, -0.05) is 23.8 Å². The minimum Gasteiger partial charge on any atom is -0.418 e. The van der Waals surface area contributed by atoms with Gasteiger partial charge in [-0.25, -0.2) is 0 Å². The second-order valence-electron chi connectivity index (χ2n) is 6.41. The molecule has 3 aromatic rings. The molecular weight excluding hydrogens is 360 g/mol. The SMILES string of the molecule is Cc1cccc(C(=O)N2CCN(c3oc(-c4cccs4)nc3C#N)CC2)c1. The summed E-state index contributed by atoms with van der Waals surface area (Å²) in [6.07, 6.45) is 0. The molecule has 1 aliphatic rings. The van der Waals surface area contributed by atoms with Crippen molar-refractivity contribution in [2.24, 2.45) is 0 Å². The van der Waals surface area contributed by atoms with Crippen molar-refractivity contribution in [1.82, 2.24) is 9.88 Å². The summed E-state index contributed by atoms with van der Waals surface area (Å²) in [6.45, 7) is 4.34. The van der Waals surface area contributed by atoms with E-state index in [9.17, 15) is 10.1 Å². The first-order valence-electron chi connectivity index (χ1n) is 8.71. The highest BCUT2D eigenvalue weighted by Gasteiger charge is 2.27. The maximum atomic E-state index is 12.7. The maximum Gasteiger partial charge on any atom is 0.253 e. The molecule has 4 rings (SSSR count). The minimum atomic E-state index is 0.0377. The summed E-state index contributed by atoms with van der Waals surface area (Å²) in [5.74, 6) is 0.995. The molecule has 0 spiro atoms. The molecule has 1 amide bonds. The van der Waals surface area contributed by atoms with Gasteiger partial charge in [-0.2, -0.15) is 10.2 Å². The van der Waals surface area contributed by atoms with Gasteiger partial charge in [-0.05, 0) is 30.5 Å². The van der Waals surface area contributed by atoms with Crippen LogP contribution in [-0.2, 0) is 0 Å². The number of anilines is 1. The lowest BCUT2D eigenvalue weighted by atomic mass is 10.1. The van der Waals surface area contributed by atoms with Gasteiger partial charge in [0.05, 0.1) is 4.88 Å². The lowest BCUT2D eigenvalue weighted by Gasteiger charge is -2.34. The van der Waals surface area contributed by atoms with E-state index in [1.54, 1.807) is 0 Å². The van der Waals surface area contributed by atoms with E-state index in [0.29, 0.717) is 43.5 Å². The Morgan fingerprint density at radius 2 is 2.04 bits per heavy atom. The number of thiophene rings is 1. The van der Waals surface area contributed by atoms with Crippen molar-refractivity contribution < 1.29 is 9.21 Å². The van der Waals surface area contributed by atoms with Crippen molar-refractivity contribution in [3.8, 4) is 16.8 Å². The third-order valence-electron chi connectivity index (χ3n) is 4.57. The number of aryl methyl sites for hydroxylation is 1. The van der Waals surface area contributed by atoms with Crippen molar-refractivity contribution in [3.05, 3.63) is 58.6 Å². The Labute approximate surface area is 161 Å². The Balaban J connectivity index is 1.48. The van der Waals surface area contributed by atoms with Crippen molar-refractivity contribution >= 4 is 23.1 Å². The number of hydrogen-bond donors (Lipinski definition) is 0. The van der Waals surface area contributed by atoms with Crippen LogP contribution in [0.4, 0.5) is 5.88 Å². The molecule has 1 aliphatic heterocycles. The molecule has 0 bridgehead atoms. The number of benzene rings is 1. The van der Waals surface area contributed by atoms with Crippen LogP contribution >= 0.6 is 11.3 Å². The molecule has 0 N–H and O–H groups in total. The van der Waals surface area contributed by atoms with E-state index in [-0.39, 0.29) is 11.6 Å². The van der Waals surface area contributed by atoms with Crippen LogP contribution in [0.3, 0.4) is 0 Å². The predicted octanol–water partition coefficient (Wildman–Crippen LogP) is 3.55. The minimum absolute atomic E-state index is 0.0377. The molecular formula is C20H18N4O2S. The normalized spacial score (nSPS) is 14.2. The Hall–Kier alpha value is -3.11. The average molecular weight is 378 g/mol. The second kappa shape index (κ2) is 7.25. The van der Waals surface area contributed by atoms with Crippen LogP contribution < -0.4 is 4.90 Å². The molecule has 7 heteroatoms. The molecule has 1 saturated heterocycles. The smallest absolute Gasteiger partial charge is 0.253 e. The molecule has 1 fully saturated rings. The number of carbonyl (C=O) groups excluding carboxylic acids is 1. The van der Waals surface area contributed by atoms with E-state index in [4.69, 9.17) is 4.42 Å². The van der Waals surface area contributed by atoms with E-state index in [1.807, 2.05) is 58.5 Å². The van der Waals surface area contributed by atoms with Gasteiger partial charge in [0.25, 0.3) is 5.91 Å². The fourth-order valence-electron chi connectivity index (χ4n) is 3.18. The van der Waals surface area contributed by atoms with Crippen molar-refractivity contribution in [2.75, 3.05) is 31.1 Å². The van der Waals surface area contributed by atoms with Gasteiger partial charge in [-0.3, -0.25) is 4.79 Å². The number of carbonyl (C=O) groups is 1. The molecule has 2 aromatic heterocycles. The highest BCUT2D eigenvalue weighted by Crippen LogP contribution is 2.31. The highest BCUT2D eigenvalue weighted by molar-refractivity contribution is 7.13. The van der Waals surface area contributed by atoms with Crippen LogP contribution in [-0.4, -0.2) is 42.0 Å². The molecule has 6 nitrogen and oxygen atoms in total. The van der Waals surface area contributed by atoms with Gasteiger partial charge < -0.3 is 14.2 Å². The number of piperazine rings is 1. The van der Waals surface area contributed by atoms with E-state index in [0.717, 1.165) is 10.4 Å². The Morgan fingerprint density at radius 3 is 2.70 bits per heavy atom. The lowest BCUT2D eigenvalue weighted by Crippen LogP contribution is -2.48. The summed E-state index contributed by atoms with van der Waals surface area (Å²) >= 11 is 1.52. The molecule has 27 heavy (non-hydrogen) atoms. The highest BCUT2D eigenvalue weighted by atomic mass is 32.1. The van der Waals surface area contributed by atoms with Crippen LogP contribution in [0.5, 0.6) is 0 Å². The van der Waals surface area contributed by atoms with Gasteiger partial charge in [0.1, 0.15) is 6.07 Å². The van der Waals surface area contributed by atoms with E-state index in [1.165, 1.54) is 11.3 Å². The first kappa shape index (κ1) is 17.3. The topological polar surface area (TPSA) is 73.4 Å². The van der Waals surface area contributed by atoms with Crippen molar-refractivity contribution in [3.63, 3.8) is 0 Å². The van der Waals surface area contributed by atoms with Crippen LogP contribution in [0, 0.1) is 18.3 Å². The number of hydrogen-bond acceptors (Lipinski definition) is 6. The zero-order valence-electron chi connectivity index (χ0n) is 14.9. The first-order chi connectivity index (χ1) is 13.2. The average Bonchev–Trinajstić information content (AvgIpc) is 3.37. The molecule has 0 atom stereocenters. The number of aromatic nitrogens is 1. The van der Waals surface area contributed by atoms with Gasteiger partial charge in [0.2, 0.25) is 17.5 Å². The summed E-state index contributed by atoms with van der Waals surface area (Å²) in [5.41, 5.74) is 2.07. The predicted molar refractivity (Wildman–Crippen MR) is 104 cm³/mol. The third-order valence-corrected chi connectivity index (χ3v) is 5.42. The molecule has 0 saturated carbocycles. The van der Waals surface area contributed by atoms with Gasteiger partial charge in [0, 0.05) is 31.7 Å². The van der Waals surface area contributed by atoms with Crippen LogP contribution in [0.15, 0.2) is 46.2 Å². The van der Waals surface area contributed by atoms with Crippen LogP contribution in [0.25, 0.3) is 10.8 Å². The number of nitriles is 1. The van der Waals surface area contributed by atoms with Gasteiger partial charge in [-0.15, -0.1) is 11.3 Å².